The molecule has 2 aromatic carbocycles. The minimum Gasteiger partial charge on any atom is -0.465 e. The van der Waals surface area contributed by atoms with Crippen molar-refractivity contribution in [2.24, 2.45) is 0 Å². The number of aromatic nitrogens is 4. The number of anilines is 1. The molecule has 4 N–H and O–H groups in total. The summed E-state index contributed by atoms with van der Waals surface area (Å²) in [4.78, 5) is 51.9. The normalized spacial score (nSPS) is 18.2. The third-order valence-electron chi connectivity index (χ3n) is 11.8. The van der Waals surface area contributed by atoms with Gasteiger partial charge in [-0.2, -0.15) is 5.10 Å². The van der Waals surface area contributed by atoms with Gasteiger partial charge in [0.15, 0.2) is 5.65 Å². The van der Waals surface area contributed by atoms with E-state index in [1.807, 2.05) is 23.9 Å². The molecule has 6 heterocycles. The van der Waals surface area contributed by atoms with Gasteiger partial charge in [0.25, 0.3) is 11.8 Å². The molecule has 14 nitrogen and oxygen atoms in total. The highest BCUT2D eigenvalue weighted by Crippen LogP contribution is 2.34. The molecule has 2 bridgehead atoms. The van der Waals surface area contributed by atoms with Gasteiger partial charge in [0.05, 0.1) is 17.3 Å². The number of likely N-dealkylation sites (tertiary alicyclic amines) is 2. The van der Waals surface area contributed by atoms with Crippen molar-refractivity contribution in [3.8, 4) is 11.1 Å². The lowest BCUT2D eigenvalue weighted by molar-refractivity contribution is 0.0904. The maximum Gasteiger partial charge on any atom is 0.407 e. The lowest BCUT2D eigenvalue weighted by Gasteiger charge is -2.32. The van der Waals surface area contributed by atoms with Crippen LogP contribution in [0.25, 0.3) is 22.2 Å². The number of benzene rings is 2. The minimum atomic E-state index is -0.827. The molecule has 0 saturated carbocycles. The molecule has 14 heteroatoms. The number of amides is 3. The monoisotopic (exact) mass is 785 g/mol. The van der Waals surface area contributed by atoms with Gasteiger partial charge in [-0.15, -0.1) is 0 Å². The van der Waals surface area contributed by atoms with Gasteiger partial charge < -0.3 is 30.7 Å². The van der Waals surface area contributed by atoms with Crippen LogP contribution in [0.5, 0.6) is 0 Å². The summed E-state index contributed by atoms with van der Waals surface area (Å²) >= 11 is 0. The van der Waals surface area contributed by atoms with Gasteiger partial charge in [0.1, 0.15) is 11.4 Å². The number of hydrogen-bond donors (Lipinski definition) is 4. The molecule has 5 aromatic rings. The molecule has 58 heavy (non-hydrogen) atoms. The number of fused-ring (bicyclic) bond motifs is 3. The first kappa shape index (κ1) is 39.0. The van der Waals surface area contributed by atoms with Crippen LogP contribution in [0.15, 0.2) is 66.9 Å². The molecule has 3 saturated heterocycles. The first-order chi connectivity index (χ1) is 28.2. The first-order valence-electron chi connectivity index (χ1n) is 20.4. The second-order valence-corrected chi connectivity index (χ2v) is 15.5. The number of hydrogen-bond acceptors (Lipinski definition) is 9. The van der Waals surface area contributed by atoms with Crippen molar-refractivity contribution in [1.29, 1.82) is 0 Å². The first-order valence-corrected chi connectivity index (χ1v) is 20.4. The van der Waals surface area contributed by atoms with E-state index in [0.717, 1.165) is 82.6 Å². The summed E-state index contributed by atoms with van der Waals surface area (Å²) in [5.41, 5.74) is 9.26. The smallest absolute Gasteiger partial charge is 0.407 e. The Labute approximate surface area is 338 Å². The molecule has 0 spiro atoms. The molecule has 3 aliphatic rings. The van der Waals surface area contributed by atoms with E-state index in [9.17, 15) is 19.5 Å². The Bertz CT molecular complexity index is 2340. The molecule has 3 aliphatic heterocycles. The number of piperazine rings is 1. The van der Waals surface area contributed by atoms with Crippen LogP contribution >= 0.6 is 0 Å². The largest absolute Gasteiger partial charge is 0.465 e. The Morgan fingerprint density at radius 2 is 1.64 bits per heavy atom. The van der Waals surface area contributed by atoms with E-state index in [0.29, 0.717) is 32.7 Å². The van der Waals surface area contributed by atoms with Crippen molar-refractivity contribution in [2.75, 3.05) is 31.6 Å². The summed E-state index contributed by atoms with van der Waals surface area (Å²) in [6.45, 7) is 10.9. The lowest BCUT2D eigenvalue weighted by atomic mass is 9.96. The van der Waals surface area contributed by atoms with Gasteiger partial charge >= 0.3 is 6.09 Å². The molecule has 0 radical (unpaired) electrons. The van der Waals surface area contributed by atoms with Crippen LogP contribution in [0, 0.1) is 6.92 Å². The van der Waals surface area contributed by atoms with Crippen molar-refractivity contribution in [3.05, 3.63) is 106 Å². The molecular weight excluding hydrogens is 735 g/mol. The number of nitrogens with zero attached hydrogens (tertiary/aromatic N) is 6. The van der Waals surface area contributed by atoms with Crippen molar-refractivity contribution in [2.45, 2.75) is 90.8 Å². The Morgan fingerprint density at radius 1 is 0.879 bits per heavy atom. The number of pyridine rings is 2. The maximum atomic E-state index is 13.6. The van der Waals surface area contributed by atoms with E-state index in [4.69, 9.17) is 9.72 Å². The summed E-state index contributed by atoms with van der Waals surface area (Å²) < 4.78 is 7.49. The third kappa shape index (κ3) is 8.12. The van der Waals surface area contributed by atoms with Crippen molar-refractivity contribution in [1.82, 2.24) is 40.2 Å². The zero-order valence-corrected chi connectivity index (χ0v) is 33.3. The zero-order chi connectivity index (χ0) is 40.3. The molecule has 3 aromatic heterocycles. The topological polar surface area (TPSA) is 167 Å². The average Bonchev–Trinajstić information content (AvgIpc) is 3.98. The third-order valence-corrected chi connectivity index (χ3v) is 11.8. The molecule has 0 aliphatic carbocycles. The van der Waals surface area contributed by atoms with Crippen molar-refractivity contribution < 1.29 is 24.2 Å². The number of rotatable bonds is 13. The average molecular weight is 786 g/mol. The molecule has 3 amide bonds. The van der Waals surface area contributed by atoms with Gasteiger partial charge in [-0.05, 0) is 91.6 Å². The van der Waals surface area contributed by atoms with Gasteiger partial charge in [0, 0.05) is 81.9 Å². The van der Waals surface area contributed by atoms with E-state index >= 15 is 0 Å². The summed E-state index contributed by atoms with van der Waals surface area (Å²) in [7, 11) is 0. The second-order valence-electron chi connectivity index (χ2n) is 15.5. The Hall–Kier alpha value is -5.86. The number of carbonyl (C=O) groups excluding carboxylic acids is 2. The quantitative estimate of drug-likeness (QED) is 0.115. The number of carbonyl (C=O) groups is 3. The van der Waals surface area contributed by atoms with E-state index in [2.05, 4.69) is 81.2 Å². The van der Waals surface area contributed by atoms with Gasteiger partial charge in [-0.1, -0.05) is 43.3 Å². The second kappa shape index (κ2) is 16.9. The molecule has 0 unspecified atom stereocenters. The van der Waals surface area contributed by atoms with Crippen molar-refractivity contribution >= 4 is 34.6 Å². The Morgan fingerprint density at radius 3 is 2.34 bits per heavy atom. The highest BCUT2D eigenvalue weighted by Gasteiger charge is 2.45. The van der Waals surface area contributed by atoms with E-state index in [1.54, 1.807) is 23.1 Å². The number of carboxylic acid groups (broad SMARTS) is 1. The molecule has 3 fully saturated rings. The van der Waals surface area contributed by atoms with Gasteiger partial charge in [-0.3, -0.25) is 14.5 Å². The Balaban J connectivity index is 0.919. The molecule has 2 atom stereocenters. The van der Waals surface area contributed by atoms with Crippen LogP contribution in [0.4, 0.5) is 10.5 Å². The van der Waals surface area contributed by atoms with Crippen LogP contribution in [0.3, 0.4) is 0 Å². The fourth-order valence-corrected chi connectivity index (χ4v) is 8.66. The highest BCUT2D eigenvalue weighted by molar-refractivity contribution is 5.97. The fourth-order valence-electron chi connectivity index (χ4n) is 8.66. The lowest BCUT2D eigenvalue weighted by Crippen LogP contribution is -2.47. The molecule has 8 rings (SSSR count). The number of ether oxygens (including phenoxy) is 1. The zero-order valence-electron chi connectivity index (χ0n) is 33.3. The van der Waals surface area contributed by atoms with Crippen LogP contribution in [0.1, 0.15) is 82.0 Å². The number of aryl methyl sites for hydroxylation is 3. The van der Waals surface area contributed by atoms with Gasteiger partial charge in [-0.25, -0.2) is 19.4 Å². The summed E-state index contributed by atoms with van der Waals surface area (Å²) in [6.07, 6.45) is 4.36. The van der Waals surface area contributed by atoms with Crippen LogP contribution in [-0.2, 0) is 37.3 Å². The maximum absolute atomic E-state index is 13.6. The highest BCUT2D eigenvalue weighted by atomic mass is 16.5. The van der Waals surface area contributed by atoms with E-state index in [1.165, 1.54) is 5.56 Å². The fraction of sp³-hybridized carbons (Fsp3) is 0.409. The number of nitrogens with one attached hydrogen (secondary N) is 3. The van der Waals surface area contributed by atoms with Gasteiger partial charge in [0.2, 0.25) is 0 Å². The Kier molecular flexibility index (Phi) is 11.4. The standard InChI is InChI=1S/C44H51N9O5/c1-4-37-35(40(48-31-14-16-58-17-15-31)36-23-47-53(5-2)41(36)50-37)22-46-43(55)39-11-7-10-38(49-39)42(54)45-21-28-13-12-27(3)34(19-28)30-9-6-8-29(18-30)24-51-25-33-20-32(51)26-52(33)44(56)57/h6-13,18-19,23,31-33H,4-5,14-17,20-22,24-26H2,1-3H3,(H,45,54)(H,46,55)(H,48,50)(H,56,57)/t32-,33-/m0/s1. The van der Waals surface area contributed by atoms with E-state index in [-0.39, 0.29) is 54.4 Å². The molecule has 302 valence electrons. The summed E-state index contributed by atoms with van der Waals surface area (Å²) in [6, 6.07) is 20.1. The SMILES string of the molecule is CCc1nc2c(cnn2CC)c(NC2CCOCC2)c1CNC(=O)c1cccc(C(=O)NCc2ccc(C)c(-c3cccc(CN4C[C@@H]5C[C@H]4CN5C(=O)O)c3)c2)n1. The van der Waals surface area contributed by atoms with Crippen molar-refractivity contribution in [3.63, 3.8) is 0 Å². The van der Waals surface area contributed by atoms with Crippen LogP contribution < -0.4 is 16.0 Å². The van der Waals surface area contributed by atoms with E-state index < -0.39 is 6.09 Å². The summed E-state index contributed by atoms with van der Waals surface area (Å²) in [5, 5.41) is 24.8. The van der Waals surface area contributed by atoms with Crippen LogP contribution in [0.2, 0.25) is 0 Å². The predicted molar refractivity (Wildman–Crippen MR) is 221 cm³/mol. The predicted octanol–water partition coefficient (Wildman–Crippen LogP) is 5.77. The minimum absolute atomic E-state index is 0.0732. The van der Waals surface area contributed by atoms with Crippen LogP contribution in [-0.4, -0.2) is 97.0 Å². The molecular formula is C44H51N9O5. The summed E-state index contributed by atoms with van der Waals surface area (Å²) in [5.74, 6) is -0.762.